The molecule has 6 heteroatoms. The molecule has 2 aromatic rings. The summed E-state index contributed by atoms with van der Waals surface area (Å²) in [5.41, 5.74) is 10.4. The number of ether oxygens (including phenoxy) is 1. The molecule has 2 aromatic carbocycles. The number of rotatable bonds is 6. The largest absolute Gasteiger partial charge is 0.490 e. The first-order valence-corrected chi connectivity index (χ1v) is 10.1. The molecule has 0 bridgehead atoms. The van der Waals surface area contributed by atoms with E-state index in [-0.39, 0.29) is 12.0 Å². The Morgan fingerprint density at radius 3 is 2.62 bits per heavy atom. The van der Waals surface area contributed by atoms with Gasteiger partial charge in [0.25, 0.3) is 5.91 Å². The molecule has 1 amide bonds. The van der Waals surface area contributed by atoms with Gasteiger partial charge in [0.15, 0.2) is 0 Å². The Bertz CT molecular complexity index is 915. The lowest BCUT2D eigenvalue weighted by Crippen LogP contribution is -2.24. The number of fused-ring (bicyclic) bond motifs is 1. The zero-order valence-electron chi connectivity index (χ0n) is 16.8. The third kappa shape index (κ3) is 4.22. The van der Waals surface area contributed by atoms with E-state index in [1.165, 1.54) is 17.9 Å². The Balaban J connectivity index is 1.47. The predicted molar refractivity (Wildman–Crippen MR) is 113 cm³/mol. The van der Waals surface area contributed by atoms with E-state index in [4.69, 9.17) is 16.3 Å². The van der Waals surface area contributed by atoms with Crippen molar-refractivity contribution < 1.29 is 9.53 Å². The summed E-state index contributed by atoms with van der Waals surface area (Å²) in [4.78, 5) is 15.0. The van der Waals surface area contributed by atoms with Gasteiger partial charge in [0.2, 0.25) is 0 Å². The van der Waals surface area contributed by atoms with Crippen molar-refractivity contribution in [2.24, 2.45) is 11.6 Å². The molecule has 0 radical (unpaired) electrons. The predicted octanol–water partition coefficient (Wildman–Crippen LogP) is 3.23. The van der Waals surface area contributed by atoms with Gasteiger partial charge in [-0.05, 0) is 48.4 Å². The Labute approximate surface area is 171 Å². The van der Waals surface area contributed by atoms with Gasteiger partial charge in [0.05, 0.1) is 17.4 Å². The van der Waals surface area contributed by atoms with Crippen LogP contribution in [0.4, 0.5) is 0 Å². The normalized spacial score (nSPS) is 17.0. The summed E-state index contributed by atoms with van der Waals surface area (Å²) in [6, 6.07) is 13.8. The fraction of sp³-hybridized carbons (Fsp3) is 0.348. The molecular formula is C23H28N4O2. The van der Waals surface area contributed by atoms with Crippen LogP contribution in [-0.4, -0.2) is 29.0 Å². The van der Waals surface area contributed by atoms with E-state index in [0.717, 1.165) is 40.8 Å². The molecule has 0 unspecified atom stereocenters. The molecule has 0 aromatic heterocycles. The lowest BCUT2D eigenvalue weighted by atomic mass is 10.1. The van der Waals surface area contributed by atoms with Gasteiger partial charge in [-0.25, -0.2) is 5.84 Å². The number of nitrogens with two attached hydrogens (primary N) is 2. The molecule has 0 spiro atoms. The summed E-state index contributed by atoms with van der Waals surface area (Å²) in [6.07, 6.45) is 6.47. The van der Waals surface area contributed by atoms with Gasteiger partial charge in [-0.3, -0.25) is 4.79 Å². The van der Waals surface area contributed by atoms with E-state index in [9.17, 15) is 4.79 Å². The number of carbonyl (C=O) groups is 1. The number of nitrogens with zero attached hydrogens (tertiary/aromatic N) is 2. The van der Waals surface area contributed by atoms with Crippen LogP contribution in [0.3, 0.4) is 0 Å². The van der Waals surface area contributed by atoms with Gasteiger partial charge < -0.3 is 20.4 Å². The number of hydrazine groups is 1. The Morgan fingerprint density at radius 2 is 1.93 bits per heavy atom. The summed E-state index contributed by atoms with van der Waals surface area (Å²) in [5, 5.41) is 1.43. The van der Waals surface area contributed by atoms with Crippen LogP contribution in [0.1, 0.15) is 52.7 Å². The molecule has 4 rings (SSSR count). The molecule has 1 heterocycles. The summed E-state index contributed by atoms with van der Waals surface area (Å²) >= 11 is 0. The molecule has 4 N–H and O–H groups in total. The van der Waals surface area contributed by atoms with E-state index in [2.05, 4.69) is 0 Å². The van der Waals surface area contributed by atoms with Crippen molar-refractivity contribution in [2.75, 3.05) is 7.05 Å². The van der Waals surface area contributed by atoms with E-state index >= 15 is 0 Å². The lowest BCUT2D eigenvalue weighted by Gasteiger charge is -2.17. The highest BCUT2D eigenvalue weighted by Gasteiger charge is 2.31. The van der Waals surface area contributed by atoms with Crippen LogP contribution >= 0.6 is 0 Å². The maximum Gasteiger partial charge on any atom is 0.258 e. The molecule has 1 aliphatic heterocycles. The highest BCUT2D eigenvalue weighted by molar-refractivity contribution is 6.01. The molecule has 0 atom stereocenters. The van der Waals surface area contributed by atoms with Crippen LogP contribution in [0.15, 0.2) is 48.7 Å². The van der Waals surface area contributed by atoms with E-state index < -0.39 is 0 Å². The van der Waals surface area contributed by atoms with Gasteiger partial charge in [0, 0.05) is 26.3 Å². The first-order chi connectivity index (χ1) is 14.0. The molecule has 6 nitrogen and oxygen atoms in total. The smallest absolute Gasteiger partial charge is 0.258 e. The molecule has 1 aliphatic carbocycles. The average Bonchev–Trinajstić information content (AvgIpc) is 3.31. The highest BCUT2D eigenvalue weighted by Crippen LogP contribution is 2.34. The third-order valence-electron chi connectivity index (χ3n) is 5.57. The van der Waals surface area contributed by atoms with Crippen molar-refractivity contribution in [3.8, 4) is 5.75 Å². The standard InChI is InChI=1S/C23H28N4O2/c1-26(25)15-20(24)17-11-9-16(10-12-17)13-27-14-18-5-4-8-21(22(18)23(27)28)29-19-6-2-3-7-19/h4-5,8-12,15,19H,2-3,6-7,13-14,24-25H2,1H3/b20-15-. The molecule has 1 saturated carbocycles. The fourth-order valence-corrected chi connectivity index (χ4v) is 4.12. The minimum Gasteiger partial charge on any atom is -0.490 e. The second-order valence-electron chi connectivity index (χ2n) is 7.92. The van der Waals surface area contributed by atoms with E-state index in [0.29, 0.717) is 18.8 Å². The number of hydrogen-bond donors (Lipinski definition) is 2. The fourth-order valence-electron chi connectivity index (χ4n) is 4.12. The number of benzene rings is 2. The minimum absolute atomic E-state index is 0.0434. The van der Waals surface area contributed by atoms with Crippen molar-refractivity contribution in [1.82, 2.24) is 9.91 Å². The Kier molecular flexibility index (Phi) is 5.45. The molecular weight excluding hydrogens is 364 g/mol. The summed E-state index contributed by atoms with van der Waals surface area (Å²) in [5.74, 6) is 6.39. The quantitative estimate of drug-likeness (QED) is 0.582. The Morgan fingerprint density at radius 1 is 1.21 bits per heavy atom. The zero-order chi connectivity index (χ0) is 20.4. The van der Waals surface area contributed by atoms with E-state index in [1.807, 2.05) is 47.4 Å². The van der Waals surface area contributed by atoms with Crippen molar-refractivity contribution in [2.45, 2.75) is 44.9 Å². The van der Waals surface area contributed by atoms with Gasteiger partial charge in [-0.2, -0.15) is 0 Å². The summed E-state index contributed by atoms with van der Waals surface area (Å²) in [7, 11) is 1.72. The number of hydrogen-bond acceptors (Lipinski definition) is 5. The topological polar surface area (TPSA) is 84.8 Å². The molecule has 29 heavy (non-hydrogen) atoms. The number of carbonyl (C=O) groups excluding carboxylic acids is 1. The van der Waals surface area contributed by atoms with Crippen LogP contribution in [0.5, 0.6) is 5.75 Å². The van der Waals surface area contributed by atoms with Gasteiger partial charge >= 0.3 is 0 Å². The first-order valence-electron chi connectivity index (χ1n) is 10.1. The minimum atomic E-state index is 0.0434. The van der Waals surface area contributed by atoms with Crippen LogP contribution < -0.4 is 16.3 Å². The second-order valence-corrected chi connectivity index (χ2v) is 7.92. The molecule has 2 aliphatic rings. The SMILES string of the molecule is CN(N)/C=C(\N)c1ccc(CN2Cc3cccc(OC4CCCC4)c3C2=O)cc1. The van der Waals surface area contributed by atoms with Crippen LogP contribution in [0.2, 0.25) is 0 Å². The van der Waals surface area contributed by atoms with Crippen molar-refractivity contribution in [3.05, 3.63) is 70.9 Å². The average molecular weight is 393 g/mol. The summed E-state index contributed by atoms with van der Waals surface area (Å²) in [6.45, 7) is 1.16. The third-order valence-corrected chi connectivity index (χ3v) is 5.57. The number of amides is 1. The maximum absolute atomic E-state index is 13.1. The van der Waals surface area contributed by atoms with Gasteiger partial charge in [-0.1, -0.05) is 36.4 Å². The van der Waals surface area contributed by atoms with Crippen LogP contribution in [0, 0.1) is 0 Å². The highest BCUT2D eigenvalue weighted by atomic mass is 16.5. The summed E-state index contributed by atoms with van der Waals surface area (Å²) < 4.78 is 6.18. The first kappa shape index (κ1) is 19.3. The maximum atomic E-state index is 13.1. The zero-order valence-corrected chi connectivity index (χ0v) is 16.8. The Hall–Kier alpha value is -2.99. The van der Waals surface area contributed by atoms with Gasteiger partial charge in [-0.15, -0.1) is 0 Å². The van der Waals surface area contributed by atoms with Gasteiger partial charge in [0.1, 0.15) is 5.75 Å². The monoisotopic (exact) mass is 392 g/mol. The lowest BCUT2D eigenvalue weighted by molar-refractivity contribution is 0.0761. The second kappa shape index (κ2) is 8.17. The van der Waals surface area contributed by atoms with Crippen LogP contribution in [0.25, 0.3) is 5.70 Å². The molecule has 152 valence electrons. The molecule has 0 saturated heterocycles. The molecule has 1 fully saturated rings. The van der Waals surface area contributed by atoms with Crippen molar-refractivity contribution >= 4 is 11.6 Å². The van der Waals surface area contributed by atoms with Crippen molar-refractivity contribution in [1.29, 1.82) is 0 Å². The van der Waals surface area contributed by atoms with Crippen LogP contribution in [-0.2, 0) is 13.1 Å². The van der Waals surface area contributed by atoms with Crippen molar-refractivity contribution in [3.63, 3.8) is 0 Å². The van der Waals surface area contributed by atoms with E-state index in [1.54, 1.807) is 13.2 Å².